The summed E-state index contributed by atoms with van der Waals surface area (Å²) in [5, 5.41) is 4.81. The SMILES string of the molecule is CN(C(=O)c1cc(S(N)(=O)=O)c(F)cc1Cl)C1CCCC1. The number of rotatable bonds is 3. The van der Waals surface area contributed by atoms with Gasteiger partial charge < -0.3 is 4.90 Å². The molecule has 0 heterocycles. The number of hydrogen-bond acceptors (Lipinski definition) is 3. The first-order chi connectivity index (χ1) is 9.71. The number of nitrogens with two attached hydrogens (primary N) is 1. The zero-order chi connectivity index (χ0) is 15.8. The van der Waals surface area contributed by atoms with E-state index in [2.05, 4.69) is 0 Å². The molecule has 21 heavy (non-hydrogen) atoms. The third-order valence-corrected chi connectivity index (χ3v) is 4.99. The van der Waals surface area contributed by atoms with Crippen LogP contribution in [0.1, 0.15) is 36.0 Å². The number of sulfonamides is 1. The molecule has 2 N–H and O–H groups in total. The highest BCUT2D eigenvalue weighted by molar-refractivity contribution is 7.89. The molecule has 0 bridgehead atoms. The highest BCUT2D eigenvalue weighted by Gasteiger charge is 2.27. The molecule has 116 valence electrons. The van der Waals surface area contributed by atoms with Gasteiger partial charge in [-0.15, -0.1) is 0 Å². The van der Waals surface area contributed by atoms with E-state index in [0.717, 1.165) is 37.8 Å². The Hall–Kier alpha value is -1.18. The lowest BCUT2D eigenvalue weighted by molar-refractivity contribution is 0.0735. The van der Waals surface area contributed by atoms with E-state index in [0.29, 0.717) is 0 Å². The fourth-order valence-corrected chi connectivity index (χ4v) is 3.40. The van der Waals surface area contributed by atoms with Gasteiger partial charge in [0.05, 0.1) is 10.6 Å². The van der Waals surface area contributed by atoms with Crippen molar-refractivity contribution in [2.75, 3.05) is 7.05 Å². The zero-order valence-corrected chi connectivity index (χ0v) is 13.0. The Kier molecular flexibility index (Phi) is 4.55. The Morgan fingerprint density at radius 2 is 1.95 bits per heavy atom. The quantitative estimate of drug-likeness (QED) is 0.919. The van der Waals surface area contributed by atoms with Gasteiger partial charge in [0.1, 0.15) is 10.7 Å². The van der Waals surface area contributed by atoms with Gasteiger partial charge in [-0.2, -0.15) is 0 Å². The number of amides is 1. The number of nitrogens with zero attached hydrogens (tertiary/aromatic N) is 1. The summed E-state index contributed by atoms with van der Waals surface area (Å²) in [6.45, 7) is 0. The van der Waals surface area contributed by atoms with Crippen molar-refractivity contribution < 1.29 is 17.6 Å². The van der Waals surface area contributed by atoms with Crippen LogP contribution < -0.4 is 5.14 Å². The summed E-state index contributed by atoms with van der Waals surface area (Å²) < 4.78 is 36.3. The van der Waals surface area contributed by atoms with E-state index in [-0.39, 0.29) is 16.6 Å². The second-order valence-corrected chi connectivity index (χ2v) is 7.10. The van der Waals surface area contributed by atoms with E-state index in [1.807, 2.05) is 0 Å². The second kappa shape index (κ2) is 5.90. The maximum absolute atomic E-state index is 13.6. The summed E-state index contributed by atoms with van der Waals surface area (Å²) in [4.78, 5) is 13.2. The van der Waals surface area contributed by atoms with Gasteiger partial charge in [0, 0.05) is 13.1 Å². The van der Waals surface area contributed by atoms with Gasteiger partial charge >= 0.3 is 0 Å². The summed E-state index contributed by atoms with van der Waals surface area (Å²) in [5.74, 6) is -1.50. The smallest absolute Gasteiger partial charge is 0.255 e. The van der Waals surface area contributed by atoms with Gasteiger partial charge in [0.15, 0.2) is 0 Å². The van der Waals surface area contributed by atoms with Crippen LogP contribution in [0.15, 0.2) is 17.0 Å². The first-order valence-electron chi connectivity index (χ1n) is 6.51. The number of halogens is 2. The summed E-state index contributed by atoms with van der Waals surface area (Å²) in [6.07, 6.45) is 3.87. The average molecular weight is 335 g/mol. The van der Waals surface area contributed by atoms with Crippen LogP contribution in [0, 0.1) is 5.82 Å². The van der Waals surface area contributed by atoms with Crippen molar-refractivity contribution in [1.29, 1.82) is 0 Å². The van der Waals surface area contributed by atoms with Crippen LogP contribution >= 0.6 is 11.6 Å². The van der Waals surface area contributed by atoms with Gasteiger partial charge in [-0.25, -0.2) is 17.9 Å². The van der Waals surface area contributed by atoms with Gasteiger partial charge in [0.25, 0.3) is 5.91 Å². The fourth-order valence-electron chi connectivity index (χ4n) is 2.56. The molecule has 0 radical (unpaired) electrons. The zero-order valence-electron chi connectivity index (χ0n) is 11.5. The Morgan fingerprint density at radius 1 is 1.38 bits per heavy atom. The molecule has 0 unspecified atom stereocenters. The molecule has 0 saturated heterocycles. The van der Waals surface area contributed by atoms with Gasteiger partial charge in [-0.3, -0.25) is 4.79 Å². The standard InChI is InChI=1S/C13H16ClFN2O3S/c1-17(8-4-2-3-5-8)13(18)9-6-12(21(16,19)20)11(15)7-10(9)14/h6-8H,2-5H2,1H3,(H2,16,19,20). The fraction of sp³-hybridized carbons (Fsp3) is 0.462. The van der Waals surface area contributed by atoms with Crippen molar-refractivity contribution in [2.24, 2.45) is 5.14 Å². The lowest BCUT2D eigenvalue weighted by Gasteiger charge is -2.25. The van der Waals surface area contributed by atoms with Crippen molar-refractivity contribution in [3.05, 3.63) is 28.5 Å². The maximum Gasteiger partial charge on any atom is 0.255 e. The number of carbonyl (C=O) groups is 1. The Bertz CT molecular complexity index is 672. The first-order valence-corrected chi connectivity index (χ1v) is 8.43. The maximum atomic E-state index is 13.6. The second-order valence-electron chi connectivity index (χ2n) is 5.16. The van der Waals surface area contributed by atoms with E-state index in [1.54, 1.807) is 7.05 Å². The number of benzene rings is 1. The van der Waals surface area contributed by atoms with E-state index in [9.17, 15) is 17.6 Å². The molecule has 5 nitrogen and oxygen atoms in total. The van der Waals surface area contributed by atoms with Crippen LogP contribution in [0.5, 0.6) is 0 Å². The van der Waals surface area contributed by atoms with E-state index in [1.165, 1.54) is 4.90 Å². The summed E-state index contributed by atoms with van der Waals surface area (Å²) >= 11 is 5.87. The van der Waals surface area contributed by atoms with Crippen LogP contribution in [-0.4, -0.2) is 32.3 Å². The molecule has 0 aromatic heterocycles. The minimum Gasteiger partial charge on any atom is -0.339 e. The van der Waals surface area contributed by atoms with E-state index in [4.69, 9.17) is 16.7 Å². The van der Waals surface area contributed by atoms with Crippen molar-refractivity contribution in [3.8, 4) is 0 Å². The molecule has 1 aromatic rings. The molecule has 1 amide bonds. The van der Waals surface area contributed by atoms with Gasteiger partial charge in [-0.1, -0.05) is 24.4 Å². The summed E-state index contributed by atoms with van der Waals surface area (Å²) in [5.41, 5.74) is -0.0588. The number of hydrogen-bond donors (Lipinski definition) is 1. The molecule has 1 aliphatic rings. The molecule has 0 spiro atoms. The van der Waals surface area contributed by atoms with Crippen LogP contribution in [0.4, 0.5) is 4.39 Å². The summed E-state index contributed by atoms with van der Waals surface area (Å²) in [6, 6.07) is 1.80. The minimum atomic E-state index is -4.26. The first kappa shape index (κ1) is 16.2. The van der Waals surface area contributed by atoms with E-state index < -0.39 is 26.6 Å². The number of primary sulfonamides is 1. The molecule has 0 aliphatic heterocycles. The molecular weight excluding hydrogens is 319 g/mol. The Balaban J connectivity index is 2.41. The largest absolute Gasteiger partial charge is 0.339 e. The van der Waals surface area contributed by atoms with Crippen LogP contribution in [0.2, 0.25) is 5.02 Å². The molecule has 1 aliphatic carbocycles. The molecule has 0 atom stereocenters. The lowest BCUT2D eigenvalue weighted by atomic mass is 10.1. The molecule has 1 fully saturated rings. The Morgan fingerprint density at radius 3 is 2.48 bits per heavy atom. The van der Waals surface area contributed by atoms with Crippen molar-refractivity contribution in [2.45, 2.75) is 36.6 Å². The van der Waals surface area contributed by atoms with Crippen molar-refractivity contribution in [1.82, 2.24) is 4.90 Å². The van der Waals surface area contributed by atoms with Crippen LogP contribution in [-0.2, 0) is 10.0 Å². The highest BCUT2D eigenvalue weighted by Crippen LogP contribution is 2.28. The average Bonchev–Trinajstić information content (AvgIpc) is 2.89. The van der Waals surface area contributed by atoms with Crippen LogP contribution in [0.25, 0.3) is 0 Å². The monoisotopic (exact) mass is 334 g/mol. The molecular formula is C13H16ClFN2O3S. The third-order valence-electron chi connectivity index (χ3n) is 3.75. The molecule has 1 saturated carbocycles. The van der Waals surface area contributed by atoms with E-state index >= 15 is 0 Å². The van der Waals surface area contributed by atoms with Crippen LogP contribution in [0.3, 0.4) is 0 Å². The highest BCUT2D eigenvalue weighted by atomic mass is 35.5. The topological polar surface area (TPSA) is 80.5 Å². The third kappa shape index (κ3) is 3.36. The van der Waals surface area contributed by atoms with Gasteiger partial charge in [0.2, 0.25) is 10.0 Å². The minimum absolute atomic E-state index is 0.0588. The Labute approximate surface area is 127 Å². The summed E-state index contributed by atoms with van der Waals surface area (Å²) in [7, 11) is -2.62. The van der Waals surface area contributed by atoms with Crippen molar-refractivity contribution in [3.63, 3.8) is 0 Å². The molecule has 8 heteroatoms. The molecule has 2 rings (SSSR count). The molecule has 1 aromatic carbocycles. The number of carbonyl (C=O) groups excluding carboxylic acids is 1. The normalized spacial score (nSPS) is 16.2. The van der Waals surface area contributed by atoms with Gasteiger partial charge in [-0.05, 0) is 25.0 Å². The van der Waals surface area contributed by atoms with Crippen molar-refractivity contribution >= 4 is 27.5 Å². The predicted molar refractivity (Wildman–Crippen MR) is 77.1 cm³/mol. The lowest BCUT2D eigenvalue weighted by Crippen LogP contribution is -2.35. The predicted octanol–water partition coefficient (Wildman–Crippen LogP) is 2.14.